The molecule has 3 aromatic rings. The number of fused-ring (bicyclic) bond motifs is 1. The van der Waals surface area contributed by atoms with E-state index in [-0.39, 0.29) is 12.5 Å². The van der Waals surface area contributed by atoms with Crippen LogP contribution in [0.25, 0.3) is 17.1 Å². The maximum atomic E-state index is 12.0. The van der Waals surface area contributed by atoms with E-state index in [1.54, 1.807) is 17.1 Å². The third kappa shape index (κ3) is 4.17. The van der Waals surface area contributed by atoms with Gasteiger partial charge in [0.25, 0.3) is 5.91 Å². The van der Waals surface area contributed by atoms with Crippen molar-refractivity contribution in [1.29, 1.82) is 0 Å². The molecule has 24 heavy (non-hydrogen) atoms. The van der Waals surface area contributed by atoms with Crippen molar-refractivity contribution >= 4 is 45.2 Å². The Morgan fingerprint density at radius 3 is 2.75 bits per heavy atom. The molecular weight excluding hydrogens is 368 g/mol. The summed E-state index contributed by atoms with van der Waals surface area (Å²) in [6.45, 7) is 0.165. The second kappa shape index (κ2) is 7.70. The first kappa shape index (κ1) is 16.1. The number of benzene rings is 2. The normalized spacial score (nSPS) is 12.0. The molecule has 5 nitrogen and oxygen atoms in total. The van der Waals surface area contributed by atoms with Crippen molar-refractivity contribution < 1.29 is 4.79 Å². The van der Waals surface area contributed by atoms with Crippen molar-refractivity contribution in [2.45, 2.75) is 6.54 Å². The average Bonchev–Trinajstić information content (AvgIpc) is 2.99. The summed E-state index contributed by atoms with van der Waals surface area (Å²) in [6.07, 6.45) is 5.12. The van der Waals surface area contributed by atoms with E-state index < -0.39 is 0 Å². The van der Waals surface area contributed by atoms with Crippen molar-refractivity contribution in [2.24, 2.45) is 5.10 Å². The molecule has 0 atom stereocenters. The lowest BCUT2D eigenvalue weighted by atomic mass is 10.2. The van der Waals surface area contributed by atoms with Gasteiger partial charge < -0.3 is 4.57 Å². The molecule has 1 N–H and O–H groups in total. The number of carbonyl (C=O) groups excluding carboxylic acids is 1. The standard InChI is InChI=1S/C18H15BrN4O/c19-15(10-14-6-2-1-3-7-14)11-21-22-18(24)12-23-13-20-16-8-4-5-9-17(16)23/h1-11,13H,12H2,(H,22,24)/b15-10-,21-11+. The van der Waals surface area contributed by atoms with E-state index in [1.165, 1.54) is 0 Å². The minimum absolute atomic E-state index is 0.165. The quantitative estimate of drug-likeness (QED) is 0.541. The topological polar surface area (TPSA) is 59.3 Å². The minimum atomic E-state index is -0.214. The van der Waals surface area contributed by atoms with E-state index in [1.807, 2.05) is 60.7 Å². The maximum Gasteiger partial charge on any atom is 0.260 e. The zero-order valence-electron chi connectivity index (χ0n) is 12.8. The van der Waals surface area contributed by atoms with Gasteiger partial charge in [0.15, 0.2) is 0 Å². The number of hydrogen-bond acceptors (Lipinski definition) is 3. The lowest BCUT2D eigenvalue weighted by molar-refractivity contribution is -0.121. The van der Waals surface area contributed by atoms with Crippen molar-refractivity contribution in [1.82, 2.24) is 15.0 Å². The third-order valence-electron chi connectivity index (χ3n) is 3.32. The van der Waals surface area contributed by atoms with E-state index in [0.29, 0.717) is 0 Å². The number of amides is 1. The Bertz CT molecular complexity index is 900. The molecule has 1 amide bonds. The van der Waals surface area contributed by atoms with Gasteiger partial charge in [-0.2, -0.15) is 5.10 Å². The zero-order chi connectivity index (χ0) is 16.8. The van der Waals surface area contributed by atoms with E-state index in [0.717, 1.165) is 21.1 Å². The summed E-state index contributed by atoms with van der Waals surface area (Å²) in [5.41, 5.74) is 5.34. The summed E-state index contributed by atoms with van der Waals surface area (Å²) in [5, 5.41) is 3.95. The molecule has 0 fully saturated rings. The van der Waals surface area contributed by atoms with Crippen LogP contribution in [0.15, 0.2) is 70.5 Å². The number of nitrogens with one attached hydrogen (secondary N) is 1. The molecule has 6 heteroatoms. The fraction of sp³-hybridized carbons (Fsp3) is 0.0556. The molecule has 3 rings (SSSR count). The van der Waals surface area contributed by atoms with Crippen LogP contribution in [-0.4, -0.2) is 21.7 Å². The van der Waals surface area contributed by atoms with Crippen LogP contribution in [0.2, 0.25) is 0 Å². The Morgan fingerprint density at radius 1 is 1.17 bits per heavy atom. The summed E-state index contributed by atoms with van der Waals surface area (Å²) in [6, 6.07) is 17.5. The fourth-order valence-electron chi connectivity index (χ4n) is 2.24. The molecule has 0 aliphatic rings. The van der Waals surface area contributed by atoms with Crippen LogP contribution in [0.5, 0.6) is 0 Å². The molecule has 0 saturated carbocycles. The molecule has 1 heterocycles. The number of para-hydroxylation sites is 2. The predicted molar refractivity (Wildman–Crippen MR) is 99.7 cm³/mol. The van der Waals surface area contributed by atoms with Crippen molar-refractivity contribution in [3.05, 3.63) is 71.0 Å². The van der Waals surface area contributed by atoms with Crippen LogP contribution in [0.3, 0.4) is 0 Å². The number of rotatable bonds is 5. The fourth-order valence-corrected chi connectivity index (χ4v) is 2.60. The molecule has 120 valence electrons. The highest BCUT2D eigenvalue weighted by Crippen LogP contribution is 2.11. The summed E-state index contributed by atoms with van der Waals surface area (Å²) in [7, 11) is 0. The van der Waals surface area contributed by atoms with Crippen LogP contribution in [0, 0.1) is 0 Å². The van der Waals surface area contributed by atoms with Crippen LogP contribution >= 0.6 is 15.9 Å². The highest BCUT2D eigenvalue weighted by Gasteiger charge is 2.05. The smallest absolute Gasteiger partial charge is 0.260 e. The van der Waals surface area contributed by atoms with Gasteiger partial charge in [-0.25, -0.2) is 10.4 Å². The number of aromatic nitrogens is 2. The van der Waals surface area contributed by atoms with Crippen LogP contribution in [0.1, 0.15) is 5.56 Å². The molecule has 0 saturated heterocycles. The summed E-state index contributed by atoms with van der Waals surface area (Å²) in [4.78, 5) is 16.2. The van der Waals surface area contributed by atoms with E-state index in [2.05, 4.69) is 31.4 Å². The SMILES string of the molecule is O=C(Cn1cnc2ccccc21)N/N=C/C(Br)=C/c1ccccc1. The number of imidazole rings is 1. The number of allylic oxidation sites excluding steroid dienone is 1. The number of hydrogen-bond donors (Lipinski definition) is 1. The van der Waals surface area contributed by atoms with Crippen LogP contribution < -0.4 is 5.43 Å². The Balaban J connectivity index is 1.58. The van der Waals surface area contributed by atoms with Gasteiger partial charge in [-0.15, -0.1) is 0 Å². The van der Waals surface area contributed by atoms with Gasteiger partial charge in [0.2, 0.25) is 0 Å². The zero-order valence-corrected chi connectivity index (χ0v) is 14.3. The monoisotopic (exact) mass is 382 g/mol. The lowest BCUT2D eigenvalue weighted by Crippen LogP contribution is -2.22. The van der Waals surface area contributed by atoms with Gasteiger partial charge in [0.1, 0.15) is 6.54 Å². The minimum Gasteiger partial charge on any atom is -0.321 e. The summed E-state index contributed by atoms with van der Waals surface area (Å²) >= 11 is 3.40. The maximum absolute atomic E-state index is 12.0. The highest BCUT2D eigenvalue weighted by atomic mass is 79.9. The Hall–Kier alpha value is -2.73. The first-order chi connectivity index (χ1) is 11.7. The molecule has 0 unspecified atom stereocenters. The Kier molecular flexibility index (Phi) is 5.18. The highest BCUT2D eigenvalue weighted by molar-refractivity contribution is 9.12. The predicted octanol–water partition coefficient (Wildman–Crippen LogP) is 3.57. The van der Waals surface area contributed by atoms with Gasteiger partial charge in [0, 0.05) is 4.48 Å². The first-order valence-corrected chi connectivity index (χ1v) is 8.16. The van der Waals surface area contributed by atoms with Gasteiger partial charge in [-0.1, -0.05) is 42.5 Å². The number of carbonyl (C=O) groups is 1. The van der Waals surface area contributed by atoms with Crippen molar-refractivity contribution in [3.63, 3.8) is 0 Å². The van der Waals surface area contributed by atoms with Crippen LogP contribution in [-0.2, 0) is 11.3 Å². The molecule has 0 spiro atoms. The lowest BCUT2D eigenvalue weighted by Gasteiger charge is -2.02. The molecule has 0 aliphatic carbocycles. The van der Waals surface area contributed by atoms with Gasteiger partial charge in [0.05, 0.1) is 23.6 Å². The number of hydrazone groups is 1. The largest absolute Gasteiger partial charge is 0.321 e. The summed E-state index contributed by atoms with van der Waals surface area (Å²) < 4.78 is 2.55. The van der Waals surface area contributed by atoms with E-state index >= 15 is 0 Å². The number of nitrogens with zero attached hydrogens (tertiary/aromatic N) is 3. The van der Waals surface area contributed by atoms with Gasteiger partial charge in [-0.05, 0) is 39.7 Å². The summed E-state index contributed by atoms with van der Waals surface area (Å²) in [5.74, 6) is -0.214. The van der Waals surface area contributed by atoms with E-state index in [4.69, 9.17) is 0 Å². The Morgan fingerprint density at radius 2 is 1.92 bits per heavy atom. The molecule has 2 aromatic carbocycles. The second-order valence-electron chi connectivity index (χ2n) is 5.09. The third-order valence-corrected chi connectivity index (χ3v) is 3.76. The molecule has 1 aromatic heterocycles. The average molecular weight is 383 g/mol. The van der Waals surface area contributed by atoms with Crippen molar-refractivity contribution in [3.8, 4) is 0 Å². The second-order valence-corrected chi connectivity index (χ2v) is 6.01. The first-order valence-electron chi connectivity index (χ1n) is 7.36. The molecular formula is C18H15BrN4O. The van der Waals surface area contributed by atoms with E-state index in [9.17, 15) is 4.79 Å². The van der Waals surface area contributed by atoms with Crippen LogP contribution in [0.4, 0.5) is 0 Å². The molecule has 0 bridgehead atoms. The number of halogens is 1. The Labute approximate surface area is 147 Å². The van der Waals surface area contributed by atoms with Crippen molar-refractivity contribution in [2.75, 3.05) is 0 Å². The van der Waals surface area contributed by atoms with Gasteiger partial charge in [-0.3, -0.25) is 4.79 Å². The molecule has 0 aliphatic heterocycles. The molecule has 0 radical (unpaired) electrons. The van der Waals surface area contributed by atoms with Gasteiger partial charge >= 0.3 is 0 Å².